The fourth-order valence-corrected chi connectivity index (χ4v) is 3.89. The van der Waals surface area contributed by atoms with Gasteiger partial charge in [-0.2, -0.15) is 0 Å². The van der Waals surface area contributed by atoms with Crippen molar-refractivity contribution >= 4 is 11.6 Å². The van der Waals surface area contributed by atoms with Gasteiger partial charge in [0.05, 0.1) is 19.3 Å². The summed E-state index contributed by atoms with van der Waals surface area (Å²) in [6.45, 7) is 0.164. The summed E-state index contributed by atoms with van der Waals surface area (Å²) in [6.07, 6.45) is -2.61. The first-order valence-electron chi connectivity index (χ1n) is 10.2. The molecule has 0 amide bonds. The van der Waals surface area contributed by atoms with Crippen LogP contribution in [0.1, 0.15) is 41.2 Å². The van der Waals surface area contributed by atoms with Gasteiger partial charge in [-0.3, -0.25) is 0 Å². The number of hydrogen-bond acceptors (Lipinski definition) is 6. The molecule has 0 bridgehead atoms. The van der Waals surface area contributed by atoms with Gasteiger partial charge in [0.15, 0.2) is 0 Å². The van der Waals surface area contributed by atoms with E-state index in [9.17, 15) is 20.4 Å². The van der Waals surface area contributed by atoms with Crippen LogP contribution in [0, 0.1) is 0 Å². The largest absolute Gasteiger partial charge is 0.394 e. The second kappa shape index (κ2) is 9.32. The number of aliphatic hydroxyl groups excluding tert-OH is 4. The summed E-state index contributed by atoms with van der Waals surface area (Å²) in [5, 5.41) is 40.4. The number of rotatable bonds is 7. The van der Waals surface area contributed by atoms with E-state index >= 15 is 0 Å². The highest BCUT2D eigenvalue weighted by Crippen LogP contribution is 2.34. The van der Waals surface area contributed by atoms with Gasteiger partial charge < -0.3 is 29.9 Å². The normalized spacial score (nSPS) is 29.2. The van der Waals surface area contributed by atoms with Crippen molar-refractivity contribution in [3.05, 3.63) is 69.7 Å². The lowest BCUT2D eigenvalue weighted by atomic mass is 9.90. The summed E-state index contributed by atoms with van der Waals surface area (Å²) in [6, 6.07) is 13.5. The van der Waals surface area contributed by atoms with Gasteiger partial charge >= 0.3 is 0 Å². The molecule has 2 aliphatic rings. The summed E-state index contributed by atoms with van der Waals surface area (Å²) in [5.41, 5.74) is 3.69. The van der Waals surface area contributed by atoms with E-state index in [1.807, 2.05) is 30.3 Å². The Labute approximate surface area is 180 Å². The molecule has 6 nitrogen and oxygen atoms in total. The Balaban J connectivity index is 1.48. The number of aliphatic hydroxyl groups is 4. The number of benzene rings is 2. The zero-order valence-electron chi connectivity index (χ0n) is 16.5. The van der Waals surface area contributed by atoms with Crippen molar-refractivity contribution in [1.29, 1.82) is 0 Å². The molecule has 1 aliphatic carbocycles. The SMILES string of the molecule is OC[C@H]1O[C@@H](c2ccc(Cl)c(Cc3ccc(COC4CC4)cc3)c2)[C@H](O)[C@@H](O)[C@@H]1O. The zero-order valence-corrected chi connectivity index (χ0v) is 17.3. The minimum Gasteiger partial charge on any atom is -0.394 e. The van der Waals surface area contributed by atoms with Crippen LogP contribution in [0.25, 0.3) is 0 Å². The molecule has 2 aromatic carbocycles. The minimum absolute atomic E-state index is 0.425. The molecule has 162 valence electrons. The number of hydrogen-bond donors (Lipinski definition) is 4. The van der Waals surface area contributed by atoms with Crippen LogP contribution in [-0.2, 0) is 22.5 Å². The molecule has 4 rings (SSSR count). The monoisotopic (exact) mass is 434 g/mol. The van der Waals surface area contributed by atoms with Crippen LogP contribution in [0.15, 0.2) is 42.5 Å². The highest BCUT2D eigenvalue weighted by Gasteiger charge is 2.44. The van der Waals surface area contributed by atoms with Crippen LogP contribution >= 0.6 is 11.6 Å². The Morgan fingerprint density at radius 2 is 1.63 bits per heavy atom. The van der Waals surface area contributed by atoms with Gasteiger partial charge in [-0.25, -0.2) is 0 Å². The van der Waals surface area contributed by atoms with E-state index in [2.05, 4.69) is 0 Å². The van der Waals surface area contributed by atoms with E-state index in [-0.39, 0.29) is 0 Å². The molecular formula is C23H27ClO6. The maximum Gasteiger partial charge on any atom is 0.113 e. The maximum absolute atomic E-state index is 10.4. The summed E-state index contributed by atoms with van der Waals surface area (Å²) in [4.78, 5) is 0. The molecule has 0 aromatic heterocycles. The molecule has 0 radical (unpaired) electrons. The third-order valence-electron chi connectivity index (χ3n) is 5.72. The third kappa shape index (κ3) is 4.86. The lowest BCUT2D eigenvalue weighted by Gasteiger charge is -2.40. The molecule has 1 aliphatic heterocycles. The van der Waals surface area contributed by atoms with Crippen LogP contribution in [-0.4, -0.2) is 57.6 Å². The highest BCUT2D eigenvalue weighted by molar-refractivity contribution is 6.31. The Hall–Kier alpha value is -1.51. The van der Waals surface area contributed by atoms with Crippen molar-refractivity contribution in [3.63, 3.8) is 0 Å². The molecule has 0 unspecified atom stereocenters. The Morgan fingerprint density at radius 1 is 0.933 bits per heavy atom. The summed E-state index contributed by atoms with van der Waals surface area (Å²) in [7, 11) is 0. The predicted molar refractivity (Wildman–Crippen MR) is 111 cm³/mol. The number of halogens is 1. The van der Waals surface area contributed by atoms with Gasteiger partial charge in [0.25, 0.3) is 0 Å². The van der Waals surface area contributed by atoms with E-state index in [1.165, 1.54) is 0 Å². The molecular weight excluding hydrogens is 408 g/mol. The molecule has 2 fully saturated rings. The van der Waals surface area contributed by atoms with Crippen molar-refractivity contribution in [2.75, 3.05) is 6.61 Å². The van der Waals surface area contributed by atoms with Crippen molar-refractivity contribution in [1.82, 2.24) is 0 Å². The van der Waals surface area contributed by atoms with Crippen molar-refractivity contribution in [3.8, 4) is 0 Å². The summed E-state index contributed by atoms with van der Waals surface area (Å²) < 4.78 is 11.4. The van der Waals surface area contributed by atoms with Crippen molar-refractivity contribution < 1.29 is 29.9 Å². The molecule has 5 atom stereocenters. The van der Waals surface area contributed by atoms with E-state index in [0.29, 0.717) is 29.7 Å². The quantitative estimate of drug-likeness (QED) is 0.532. The van der Waals surface area contributed by atoms with E-state index in [4.69, 9.17) is 21.1 Å². The molecule has 0 spiro atoms. The highest BCUT2D eigenvalue weighted by atomic mass is 35.5. The van der Waals surface area contributed by atoms with Gasteiger partial charge in [-0.1, -0.05) is 48.0 Å². The van der Waals surface area contributed by atoms with Gasteiger partial charge in [-0.15, -0.1) is 0 Å². The van der Waals surface area contributed by atoms with Crippen molar-refractivity contribution in [2.24, 2.45) is 0 Å². The first-order valence-corrected chi connectivity index (χ1v) is 10.6. The van der Waals surface area contributed by atoms with Gasteiger partial charge in [-0.05, 0) is 47.6 Å². The Morgan fingerprint density at radius 3 is 2.30 bits per heavy atom. The third-order valence-corrected chi connectivity index (χ3v) is 6.09. The lowest BCUT2D eigenvalue weighted by Crippen LogP contribution is -2.55. The first-order chi connectivity index (χ1) is 14.5. The molecule has 1 saturated carbocycles. The van der Waals surface area contributed by atoms with Crippen molar-refractivity contribution in [2.45, 2.75) is 62.5 Å². The van der Waals surface area contributed by atoms with Crippen LogP contribution in [0.5, 0.6) is 0 Å². The van der Waals surface area contributed by atoms with E-state index < -0.39 is 37.1 Å². The van der Waals surface area contributed by atoms with Crippen LogP contribution in [0.2, 0.25) is 5.02 Å². The lowest BCUT2D eigenvalue weighted by molar-refractivity contribution is -0.231. The average Bonchev–Trinajstić information content (AvgIpc) is 3.58. The zero-order chi connectivity index (χ0) is 21.3. The fraction of sp³-hybridized carbons (Fsp3) is 0.478. The fourth-order valence-electron chi connectivity index (χ4n) is 3.71. The summed E-state index contributed by atoms with van der Waals surface area (Å²) >= 11 is 6.40. The molecule has 1 saturated heterocycles. The topological polar surface area (TPSA) is 99.4 Å². The van der Waals surface area contributed by atoms with Gasteiger partial charge in [0.2, 0.25) is 0 Å². The molecule has 7 heteroatoms. The molecule has 1 heterocycles. The smallest absolute Gasteiger partial charge is 0.113 e. The van der Waals surface area contributed by atoms with E-state index in [0.717, 1.165) is 29.5 Å². The second-order valence-electron chi connectivity index (χ2n) is 8.10. The standard InChI is InChI=1S/C23H27ClO6/c24-18-8-5-15(23-22(28)21(27)20(26)19(11-25)30-23)10-16(18)9-13-1-3-14(4-2-13)12-29-17-6-7-17/h1-5,8,10,17,19-23,25-28H,6-7,9,11-12H2/t19-,20-,21+,22-,23+/m1/s1. The minimum atomic E-state index is -1.41. The second-order valence-corrected chi connectivity index (χ2v) is 8.51. The van der Waals surface area contributed by atoms with Crippen LogP contribution < -0.4 is 0 Å². The first kappa shape index (κ1) is 21.7. The van der Waals surface area contributed by atoms with Crippen LogP contribution in [0.4, 0.5) is 0 Å². The summed E-state index contributed by atoms with van der Waals surface area (Å²) in [5.74, 6) is 0. The van der Waals surface area contributed by atoms with Gasteiger partial charge in [0, 0.05) is 5.02 Å². The maximum atomic E-state index is 10.4. The number of ether oxygens (including phenoxy) is 2. The molecule has 30 heavy (non-hydrogen) atoms. The van der Waals surface area contributed by atoms with Crippen LogP contribution in [0.3, 0.4) is 0 Å². The van der Waals surface area contributed by atoms with Gasteiger partial charge in [0.1, 0.15) is 30.5 Å². The predicted octanol–water partition coefficient (Wildman–Crippen LogP) is 2.12. The Kier molecular flexibility index (Phi) is 6.75. The molecule has 4 N–H and O–H groups in total. The van der Waals surface area contributed by atoms with E-state index in [1.54, 1.807) is 12.1 Å². The average molecular weight is 435 g/mol. The molecule has 2 aromatic rings. The Bertz CT molecular complexity index is 851.